The van der Waals surface area contributed by atoms with Crippen molar-refractivity contribution in [3.05, 3.63) is 23.3 Å². The van der Waals surface area contributed by atoms with Gasteiger partial charge in [-0.25, -0.2) is 48.5 Å². The first kappa shape index (κ1) is 28.7. The molecule has 0 heterocycles. The second-order valence-corrected chi connectivity index (χ2v) is 4.83. The number of isocyanates is 3. The average molecular weight is 439 g/mol. The Bertz CT molecular complexity index is 815. The van der Waals surface area contributed by atoms with Gasteiger partial charge < -0.3 is 20.1 Å². The predicted molar refractivity (Wildman–Crippen MR) is 98.2 cm³/mol. The van der Waals surface area contributed by atoms with E-state index in [1.807, 2.05) is 0 Å². The molecule has 0 amide bonds. The van der Waals surface area contributed by atoms with Crippen LogP contribution in [0.1, 0.15) is 12.8 Å². The van der Waals surface area contributed by atoms with Gasteiger partial charge in [0.25, 0.3) is 0 Å². The van der Waals surface area contributed by atoms with Crippen LogP contribution in [-0.2, 0) is 38.3 Å². The number of esters is 1. The third-order valence-electron chi connectivity index (χ3n) is 2.83. The first-order valence-electron chi connectivity index (χ1n) is 8.08. The zero-order valence-corrected chi connectivity index (χ0v) is 15.8. The zero-order chi connectivity index (χ0) is 24.1. The van der Waals surface area contributed by atoms with Crippen LogP contribution in [0.3, 0.4) is 0 Å². The lowest BCUT2D eigenvalue weighted by Gasteiger charge is -2.06. The molecule has 0 bridgehead atoms. The van der Waals surface area contributed by atoms with Gasteiger partial charge in [0.1, 0.15) is 6.61 Å². The van der Waals surface area contributed by atoms with Crippen LogP contribution in [0.2, 0.25) is 0 Å². The van der Waals surface area contributed by atoms with E-state index in [9.17, 15) is 33.6 Å². The summed E-state index contributed by atoms with van der Waals surface area (Å²) in [6.07, 6.45) is 4.72. The maximum absolute atomic E-state index is 10.9. The summed E-state index contributed by atoms with van der Waals surface area (Å²) in [5.41, 5.74) is -0.745. The van der Waals surface area contributed by atoms with Gasteiger partial charge in [0.15, 0.2) is 0 Å². The van der Waals surface area contributed by atoms with Gasteiger partial charge in [0.05, 0.1) is 19.6 Å². The number of aliphatic carboxylic acids is 3. The van der Waals surface area contributed by atoms with E-state index in [0.29, 0.717) is 6.08 Å². The third kappa shape index (κ3) is 17.3. The SMILES string of the molecule is O=C=NCC/C(C(=O)O)=C(/CCN=C=O)C(=O)O.O=C=NCCOC(=O)/C=C/C(=O)O. The van der Waals surface area contributed by atoms with Crippen molar-refractivity contribution in [2.24, 2.45) is 15.0 Å². The number of ether oxygens (including phenoxy) is 1. The molecule has 0 unspecified atom stereocenters. The molecule has 166 valence electrons. The van der Waals surface area contributed by atoms with E-state index in [1.165, 1.54) is 18.2 Å². The number of nitrogens with zero attached hydrogens (tertiary/aromatic N) is 3. The Kier molecular flexibility index (Phi) is 17.5. The van der Waals surface area contributed by atoms with Gasteiger partial charge in [0, 0.05) is 36.1 Å². The molecule has 0 aromatic heterocycles. The highest BCUT2D eigenvalue weighted by Crippen LogP contribution is 2.14. The normalized spacial score (nSPS) is 10.1. The van der Waals surface area contributed by atoms with Gasteiger partial charge in [-0.15, -0.1) is 0 Å². The van der Waals surface area contributed by atoms with Crippen molar-refractivity contribution in [3.63, 3.8) is 0 Å². The number of hydrogen-bond donors (Lipinski definition) is 3. The van der Waals surface area contributed by atoms with Crippen molar-refractivity contribution in [2.75, 3.05) is 26.2 Å². The smallest absolute Gasteiger partial charge is 0.332 e. The molecule has 0 saturated heterocycles. The minimum Gasteiger partial charge on any atom is -0.478 e. The molecule has 31 heavy (non-hydrogen) atoms. The molecule has 0 spiro atoms. The van der Waals surface area contributed by atoms with Crippen molar-refractivity contribution >= 4 is 42.1 Å². The zero-order valence-electron chi connectivity index (χ0n) is 15.8. The topological polar surface area (TPSA) is 226 Å². The molecule has 0 aliphatic carbocycles. The molecule has 3 N–H and O–H groups in total. The van der Waals surface area contributed by atoms with Gasteiger partial charge in [-0.1, -0.05) is 0 Å². The quantitative estimate of drug-likeness (QED) is 0.108. The Labute approximate surface area is 174 Å². The fourth-order valence-electron chi connectivity index (χ4n) is 1.63. The lowest BCUT2D eigenvalue weighted by Crippen LogP contribution is -2.13. The summed E-state index contributed by atoms with van der Waals surface area (Å²) in [5, 5.41) is 25.9. The number of hydrogen-bond acceptors (Lipinski definition) is 11. The van der Waals surface area contributed by atoms with Gasteiger partial charge in [-0.2, -0.15) is 0 Å². The summed E-state index contributed by atoms with van der Waals surface area (Å²) in [6, 6.07) is 0. The summed E-state index contributed by atoms with van der Waals surface area (Å²) in [4.78, 5) is 81.0. The largest absolute Gasteiger partial charge is 0.478 e. The van der Waals surface area contributed by atoms with Crippen molar-refractivity contribution in [1.82, 2.24) is 0 Å². The second kappa shape index (κ2) is 18.8. The van der Waals surface area contributed by atoms with Crippen LogP contribution in [0.5, 0.6) is 0 Å². The van der Waals surface area contributed by atoms with Crippen LogP contribution >= 0.6 is 0 Å². The van der Waals surface area contributed by atoms with Crippen LogP contribution in [0.25, 0.3) is 0 Å². The van der Waals surface area contributed by atoms with E-state index < -0.39 is 23.9 Å². The summed E-state index contributed by atoms with van der Waals surface area (Å²) in [7, 11) is 0. The molecule has 0 rings (SSSR count). The Morgan fingerprint density at radius 3 is 1.48 bits per heavy atom. The highest BCUT2D eigenvalue weighted by atomic mass is 16.5. The highest BCUT2D eigenvalue weighted by molar-refractivity contribution is 5.98. The molecule has 0 aromatic carbocycles. The maximum Gasteiger partial charge on any atom is 0.332 e. The highest BCUT2D eigenvalue weighted by Gasteiger charge is 2.19. The molecule has 0 aliphatic heterocycles. The van der Waals surface area contributed by atoms with Crippen LogP contribution in [0.15, 0.2) is 38.3 Å². The average Bonchev–Trinajstić information content (AvgIpc) is 2.71. The minimum atomic E-state index is -1.41. The molecule has 0 aliphatic rings. The van der Waals surface area contributed by atoms with E-state index >= 15 is 0 Å². The van der Waals surface area contributed by atoms with Crippen molar-refractivity contribution in [2.45, 2.75) is 12.8 Å². The molecular formula is C17H17N3O11. The molecule has 0 atom stereocenters. The number of carboxylic acid groups (broad SMARTS) is 3. The maximum atomic E-state index is 10.9. The third-order valence-corrected chi connectivity index (χ3v) is 2.83. The fourth-order valence-corrected chi connectivity index (χ4v) is 1.63. The molecule has 14 heteroatoms. The number of carboxylic acids is 3. The van der Waals surface area contributed by atoms with Crippen molar-refractivity contribution in [1.29, 1.82) is 0 Å². The van der Waals surface area contributed by atoms with Crippen molar-refractivity contribution < 1.29 is 53.6 Å². The van der Waals surface area contributed by atoms with E-state index in [2.05, 4.69) is 19.7 Å². The lowest BCUT2D eigenvalue weighted by atomic mass is 10.0. The molecule has 0 radical (unpaired) electrons. The Morgan fingerprint density at radius 2 is 1.13 bits per heavy atom. The monoisotopic (exact) mass is 439 g/mol. The van der Waals surface area contributed by atoms with E-state index in [4.69, 9.17) is 15.3 Å². The molecular weight excluding hydrogens is 422 g/mol. The molecule has 0 aromatic rings. The van der Waals surface area contributed by atoms with Crippen LogP contribution in [0.4, 0.5) is 0 Å². The minimum absolute atomic E-state index is 0.0240. The Morgan fingerprint density at radius 1 is 0.710 bits per heavy atom. The Hall–Kier alpha value is -4.50. The summed E-state index contributed by atoms with van der Waals surface area (Å²) in [6.45, 7) is -0.383. The molecule has 0 saturated carbocycles. The van der Waals surface area contributed by atoms with Crippen LogP contribution in [0, 0.1) is 0 Å². The van der Waals surface area contributed by atoms with Gasteiger partial charge in [0.2, 0.25) is 18.2 Å². The summed E-state index contributed by atoms with van der Waals surface area (Å²) >= 11 is 0. The van der Waals surface area contributed by atoms with E-state index in [-0.39, 0.29) is 50.2 Å². The number of aliphatic imine (C=N–C) groups is 3. The standard InChI is InChI=1S/C10H10N2O6.C7H7NO5/c13-5-11-3-1-7(9(15)16)8(10(17)18)2-4-12-6-14;9-5-8-3-4-13-7(12)2-1-6(10)11/h1-4H2,(H,15,16)(H,17,18);1-2H,3-4H2,(H,10,11)/b8-7+;2-1+. The summed E-state index contributed by atoms with van der Waals surface area (Å²) < 4.78 is 4.43. The van der Waals surface area contributed by atoms with E-state index in [0.717, 1.165) is 6.08 Å². The molecule has 14 nitrogen and oxygen atoms in total. The van der Waals surface area contributed by atoms with Gasteiger partial charge >= 0.3 is 23.9 Å². The Balaban J connectivity index is 0. The number of carbonyl (C=O) groups excluding carboxylic acids is 4. The summed E-state index contributed by atoms with van der Waals surface area (Å²) in [5.74, 6) is -4.85. The number of rotatable bonds is 13. The lowest BCUT2D eigenvalue weighted by molar-refractivity contribution is -0.138. The number of carbonyl (C=O) groups is 4. The van der Waals surface area contributed by atoms with Crippen molar-refractivity contribution in [3.8, 4) is 0 Å². The fraction of sp³-hybridized carbons (Fsp3) is 0.353. The van der Waals surface area contributed by atoms with E-state index in [1.54, 1.807) is 0 Å². The van der Waals surface area contributed by atoms with Crippen LogP contribution in [-0.4, -0.2) is 83.7 Å². The predicted octanol–water partition coefficient (Wildman–Crippen LogP) is -0.590. The van der Waals surface area contributed by atoms with Crippen LogP contribution < -0.4 is 0 Å². The first-order valence-corrected chi connectivity index (χ1v) is 8.08. The van der Waals surface area contributed by atoms with Gasteiger partial charge in [-0.3, -0.25) is 0 Å². The first-order chi connectivity index (χ1) is 14.7. The second-order valence-electron chi connectivity index (χ2n) is 4.83. The molecule has 0 fully saturated rings. The van der Waals surface area contributed by atoms with Gasteiger partial charge in [-0.05, 0) is 0 Å².